The van der Waals surface area contributed by atoms with Gasteiger partial charge in [0.15, 0.2) is 0 Å². The Balaban J connectivity index is 2.66. The second-order valence-corrected chi connectivity index (χ2v) is 7.68. The van der Waals surface area contributed by atoms with Crippen molar-refractivity contribution in [2.24, 2.45) is 11.8 Å². The van der Waals surface area contributed by atoms with E-state index in [0.29, 0.717) is 23.0 Å². The third-order valence-electron chi connectivity index (χ3n) is 3.81. The van der Waals surface area contributed by atoms with E-state index < -0.39 is 0 Å². The molecule has 0 spiro atoms. The molecule has 1 N–H and O–H groups in total. The van der Waals surface area contributed by atoms with Gasteiger partial charge in [0.2, 0.25) is 5.91 Å². The van der Waals surface area contributed by atoms with Crippen molar-refractivity contribution in [3.8, 4) is 0 Å². The van der Waals surface area contributed by atoms with Crippen LogP contribution in [0.5, 0.6) is 0 Å². The van der Waals surface area contributed by atoms with Gasteiger partial charge in [0.1, 0.15) is 0 Å². The summed E-state index contributed by atoms with van der Waals surface area (Å²) in [6.45, 7) is 11.8. The van der Waals surface area contributed by atoms with E-state index in [9.17, 15) is 4.79 Å². The molecule has 1 aliphatic heterocycles. The molecule has 3 unspecified atom stereocenters. The average molecular weight is 286 g/mol. The predicted octanol–water partition coefficient (Wildman–Crippen LogP) is 2.96. The molecule has 1 heterocycles. The smallest absolute Gasteiger partial charge is 0.241 e. The van der Waals surface area contributed by atoms with Crippen LogP contribution in [0.25, 0.3) is 0 Å². The molecule has 1 saturated heterocycles. The molecule has 4 heteroatoms. The molecule has 3 nitrogen and oxygen atoms in total. The number of nitrogens with one attached hydrogen (secondary N) is 1. The van der Waals surface area contributed by atoms with Gasteiger partial charge in [-0.3, -0.25) is 10.1 Å². The summed E-state index contributed by atoms with van der Waals surface area (Å²) in [6.07, 6.45) is 4.37. The highest BCUT2D eigenvalue weighted by Gasteiger charge is 2.39. The minimum atomic E-state index is 0.0250. The van der Waals surface area contributed by atoms with Crippen molar-refractivity contribution < 1.29 is 4.79 Å². The number of nitrogens with zero attached hydrogens (tertiary/aromatic N) is 1. The third-order valence-corrected chi connectivity index (χ3v) is 4.85. The van der Waals surface area contributed by atoms with E-state index >= 15 is 0 Å². The summed E-state index contributed by atoms with van der Waals surface area (Å²) in [4.78, 5) is 14.6. The van der Waals surface area contributed by atoms with E-state index in [-0.39, 0.29) is 12.2 Å². The highest BCUT2D eigenvalue weighted by atomic mass is 32.2. The number of hydrogen-bond acceptors (Lipinski definition) is 3. The van der Waals surface area contributed by atoms with Crippen molar-refractivity contribution in [3.63, 3.8) is 0 Å². The molecule has 0 aliphatic carbocycles. The number of amides is 1. The molecule has 1 rings (SSSR count). The zero-order valence-corrected chi connectivity index (χ0v) is 14.1. The Labute approximate surface area is 122 Å². The summed E-state index contributed by atoms with van der Waals surface area (Å²) in [7, 11) is 0. The Morgan fingerprint density at radius 2 is 1.89 bits per heavy atom. The zero-order valence-electron chi connectivity index (χ0n) is 13.3. The van der Waals surface area contributed by atoms with E-state index in [4.69, 9.17) is 0 Å². The maximum atomic E-state index is 12.5. The monoisotopic (exact) mass is 286 g/mol. The molecule has 0 aromatic carbocycles. The molecule has 19 heavy (non-hydrogen) atoms. The molecule has 0 saturated carbocycles. The Morgan fingerprint density at radius 3 is 2.37 bits per heavy atom. The maximum absolute atomic E-state index is 12.5. The summed E-state index contributed by atoms with van der Waals surface area (Å²) in [6, 6.07) is 0.0250. The Bertz CT molecular complexity index is 294. The van der Waals surface area contributed by atoms with E-state index in [1.807, 2.05) is 11.8 Å². The number of carbonyl (C=O) groups is 1. The Morgan fingerprint density at radius 1 is 1.26 bits per heavy atom. The number of hydrogen-bond donors (Lipinski definition) is 1. The summed E-state index contributed by atoms with van der Waals surface area (Å²) in [5, 5.41) is 4.15. The highest BCUT2D eigenvalue weighted by Crippen LogP contribution is 2.23. The normalized spacial score (nSPS) is 25.7. The zero-order chi connectivity index (χ0) is 14.6. The van der Waals surface area contributed by atoms with Gasteiger partial charge < -0.3 is 4.90 Å². The van der Waals surface area contributed by atoms with Crippen LogP contribution in [-0.2, 0) is 4.79 Å². The van der Waals surface area contributed by atoms with Gasteiger partial charge in [-0.1, -0.05) is 34.6 Å². The van der Waals surface area contributed by atoms with Crippen LogP contribution in [0, 0.1) is 11.8 Å². The average Bonchev–Trinajstić information content (AvgIpc) is 2.63. The lowest BCUT2D eigenvalue weighted by Crippen LogP contribution is -2.42. The summed E-state index contributed by atoms with van der Waals surface area (Å²) < 4.78 is 0. The lowest BCUT2D eigenvalue weighted by atomic mass is 10.0. The van der Waals surface area contributed by atoms with Crippen LogP contribution in [0.15, 0.2) is 0 Å². The first-order valence-electron chi connectivity index (χ1n) is 7.46. The topological polar surface area (TPSA) is 32.3 Å². The molecule has 0 aromatic rings. The Hall–Kier alpha value is -0.220. The minimum absolute atomic E-state index is 0.0250. The van der Waals surface area contributed by atoms with Gasteiger partial charge in [-0.15, -0.1) is 0 Å². The molecule has 112 valence electrons. The Kier molecular flexibility index (Phi) is 6.67. The van der Waals surface area contributed by atoms with Crippen molar-refractivity contribution in [2.45, 2.75) is 64.9 Å². The molecule has 3 atom stereocenters. The second-order valence-electron chi connectivity index (χ2n) is 6.40. The second kappa shape index (κ2) is 7.53. The first-order valence-corrected chi connectivity index (χ1v) is 8.74. The summed E-state index contributed by atoms with van der Waals surface area (Å²) in [5.41, 5.74) is 0. The highest BCUT2D eigenvalue weighted by molar-refractivity contribution is 7.99. The lowest BCUT2D eigenvalue weighted by Gasteiger charge is -2.28. The standard InChI is InChI=1S/C15H30N2OS/c1-10(2)9-13-15(18)17(8-7-12(5)19-6)14(16-13)11(3)4/h10-14,16H,7-9H2,1-6H3. The van der Waals surface area contributed by atoms with Gasteiger partial charge in [0, 0.05) is 11.8 Å². The molecule has 1 fully saturated rings. The van der Waals surface area contributed by atoms with Crippen molar-refractivity contribution >= 4 is 17.7 Å². The van der Waals surface area contributed by atoms with E-state index in [2.05, 4.69) is 51.1 Å². The molecular weight excluding hydrogens is 256 g/mol. The molecule has 0 aromatic heterocycles. The summed E-state index contributed by atoms with van der Waals surface area (Å²) >= 11 is 1.87. The quantitative estimate of drug-likeness (QED) is 0.781. The van der Waals surface area contributed by atoms with Gasteiger partial charge in [0.25, 0.3) is 0 Å². The SMILES string of the molecule is CSC(C)CCN1C(=O)C(CC(C)C)NC1C(C)C. The number of thioether (sulfide) groups is 1. The lowest BCUT2D eigenvalue weighted by molar-refractivity contribution is -0.130. The summed E-state index contributed by atoms with van der Waals surface area (Å²) in [5.74, 6) is 1.32. The molecular formula is C15H30N2OS. The van der Waals surface area contributed by atoms with Crippen molar-refractivity contribution in [1.29, 1.82) is 0 Å². The molecule has 1 aliphatic rings. The van der Waals surface area contributed by atoms with Gasteiger partial charge in [-0.2, -0.15) is 11.8 Å². The van der Waals surface area contributed by atoms with Gasteiger partial charge in [0.05, 0.1) is 12.2 Å². The van der Waals surface area contributed by atoms with Crippen molar-refractivity contribution in [3.05, 3.63) is 0 Å². The van der Waals surface area contributed by atoms with Crippen LogP contribution < -0.4 is 5.32 Å². The van der Waals surface area contributed by atoms with Crippen LogP contribution in [0.1, 0.15) is 47.5 Å². The molecule has 0 bridgehead atoms. The van der Waals surface area contributed by atoms with Crippen LogP contribution in [-0.4, -0.2) is 41.1 Å². The largest absolute Gasteiger partial charge is 0.325 e. The van der Waals surface area contributed by atoms with Crippen LogP contribution in [0.2, 0.25) is 0 Å². The molecule has 0 radical (unpaired) electrons. The van der Waals surface area contributed by atoms with Gasteiger partial charge >= 0.3 is 0 Å². The number of carbonyl (C=O) groups excluding carboxylic acids is 1. The fourth-order valence-corrected chi connectivity index (χ4v) is 2.93. The van der Waals surface area contributed by atoms with Gasteiger partial charge in [-0.25, -0.2) is 0 Å². The fourth-order valence-electron chi connectivity index (χ4n) is 2.59. The number of rotatable bonds is 7. The molecule has 1 amide bonds. The first-order chi connectivity index (χ1) is 8.86. The van der Waals surface area contributed by atoms with Crippen molar-refractivity contribution in [2.75, 3.05) is 12.8 Å². The predicted molar refractivity (Wildman–Crippen MR) is 84.3 cm³/mol. The van der Waals surface area contributed by atoms with Crippen molar-refractivity contribution in [1.82, 2.24) is 10.2 Å². The van der Waals surface area contributed by atoms with Crippen LogP contribution in [0.3, 0.4) is 0 Å². The van der Waals surface area contributed by atoms with E-state index in [0.717, 1.165) is 19.4 Å². The van der Waals surface area contributed by atoms with Crippen LogP contribution in [0.4, 0.5) is 0 Å². The van der Waals surface area contributed by atoms with Gasteiger partial charge in [-0.05, 0) is 30.9 Å². The van der Waals surface area contributed by atoms with Crippen LogP contribution >= 0.6 is 11.8 Å². The minimum Gasteiger partial charge on any atom is -0.325 e. The van der Waals surface area contributed by atoms with E-state index in [1.165, 1.54) is 0 Å². The maximum Gasteiger partial charge on any atom is 0.241 e. The third kappa shape index (κ3) is 4.67. The first kappa shape index (κ1) is 16.8. The fraction of sp³-hybridized carbons (Fsp3) is 0.933. The van der Waals surface area contributed by atoms with E-state index in [1.54, 1.807) is 0 Å².